The van der Waals surface area contributed by atoms with Gasteiger partial charge >= 0.3 is 0 Å². The molecule has 2 aromatic heterocycles. The van der Waals surface area contributed by atoms with Gasteiger partial charge < -0.3 is 10.4 Å². The minimum atomic E-state index is 0.0498. The third kappa shape index (κ3) is 2.80. The van der Waals surface area contributed by atoms with Crippen LogP contribution in [-0.2, 0) is 0 Å². The normalized spacial score (nSPS) is 16.3. The number of phenolic OH excluding ortho intramolecular Hbond substituents is 1. The van der Waals surface area contributed by atoms with Gasteiger partial charge in [-0.1, -0.05) is 37.1 Å². The van der Waals surface area contributed by atoms with E-state index >= 15 is 0 Å². The molecule has 1 aliphatic rings. The molecule has 0 spiro atoms. The van der Waals surface area contributed by atoms with Gasteiger partial charge in [0.05, 0.1) is 6.04 Å². The predicted octanol–water partition coefficient (Wildman–Crippen LogP) is 4.68. The van der Waals surface area contributed by atoms with Crippen LogP contribution in [0.1, 0.15) is 37.3 Å². The molecule has 1 saturated carbocycles. The molecule has 0 amide bonds. The standard InChI is InChI=1S/C20H21N3O/c24-20-16(11-10-15-8-5-13-22-19(15)20)18(14-6-1-2-7-14)23-17-9-3-4-12-21-17/h3-5,8-14,18,24H,1-2,6-7H2,(H,21,23). The lowest BCUT2D eigenvalue weighted by molar-refractivity contribution is 0.430. The zero-order valence-corrected chi connectivity index (χ0v) is 13.5. The monoisotopic (exact) mass is 319 g/mol. The maximum Gasteiger partial charge on any atom is 0.147 e. The molecule has 4 nitrogen and oxygen atoms in total. The van der Waals surface area contributed by atoms with Gasteiger partial charge in [-0.3, -0.25) is 4.98 Å². The first-order valence-electron chi connectivity index (χ1n) is 8.57. The van der Waals surface area contributed by atoms with E-state index < -0.39 is 0 Å². The molecule has 1 aromatic carbocycles. The minimum absolute atomic E-state index is 0.0498. The number of pyridine rings is 2. The summed E-state index contributed by atoms with van der Waals surface area (Å²) in [6, 6.07) is 13.8. The van der Waals surface area contributed by atoms with E-state index in [1.54, 1.807) is 12.4 Å². The summed E-state index contributed by atoms with van der Waals surface area (Å²) in [5.41, 5.74) is 1.58. The molecule has 0 radical (unpaired) electrons. The average Bonchev–Trinajstić information content (AvgIpc) is 3.16. The average molecular weight is 319 g/mol. The van der Waals surface area contributed by atoms with Crippen LogP contribution in [0.4, 0.5) is 5.82 Å². The summed E-state index contributed by atoms with van der Waals surface area (Å²) in [7, 11) is 0. The number of fused-ring (bicyclic) bond motifs is 1. The molecule has 4 heteroatoms. The molecule has 2 heterocycles. The van der Waals surface area contributed by atoms with Crippen molar-refractivity contribution in [3.8, 4) is 5.75 Å². The van der Waals surface area contributed by atoms with E-state index in [2.05, 4.69) is 15.3 Å². The van der Waals surface area contributed by atoms with Crippen molar-refractivity contribution in [3.05, 3.63) is 60.4 Å². The number of nitrogens with one attached hydrogen (secondary N) is 1. The lowest BCUT2D eigenvalue weighted by Crippen LogP contribution is -2.19. The number of hydrogen-bond donors (Lipinski definition) is 2. The molecule has 1 atom stereocenters. The summed E-state index contributed by atoms with van der Waals surface area (Å²) in [6.45, 7) is 0. The van der Waals surface area contributed by atoms with Crippen molar-refractivity contribution in [3.63, 3.8) is 0 Å². The molecular formula is C20H21N3O. The SMILES string of the molecule is Oc1c(C(Nc2ccccn2)C2CCCC2)ccc2cccnc12. The number of hydrogen-bond acceptors (Lipinski definition) is 4. The van der Waals surface area contributed by atoms with Gasteiger partial charge in [-0.2, -0.15) is 0 Å². The van der Waals surface area contributed by atoms with E-state index in [9.17, 15) is 5.11 Å². The Morgan fingerprint density at radius 1 is 0.958 bits per heavy atom. The molecule has 0 aliphatic heterocycles. The van der Waals surface area contributed by atoms with Gasteiger partial charge in [0.15, 0.2) is 0 Å². The Bertz CT molecular complexity index is 829. The van der Waals surface area contributed by atoms with E-state index in [0.29, 0.717) is 11.4 Å². The van der Waals surface area contributed by atoms with Crippen molar-refractivity contribution < 1.29 is 5.11 Å². The van der Waals surface area contributed by atoms with Crippen molar-refractivity contribution in [1.29, 1.82) is 0 Å². The Balaban J connectivity index is 1.76. The molecule has 1 unspecified atom stereocenters. The van der Waals surface area contributed by atoms with Crippen LogP contribution in [-0.4, -0.2) is 15.1 Å². The molecule has 3 aromatic rings. The summed E-state index contributed by atoms with van der Waals surface area (Å²) in [5, 5.41) is 15.3. The zero-order chi connectivity index (χ0) is 16.4. The van der Waals surface area contributed by atoms with Gasteiger partial charge in [-0.15, -0.1) is 0 Å². The zero-order valence-electron chi connectivity index (χ0n) is 13.5. The number of aromatic hydroxyl groups is 1. The third-order valence-electron chi connectivity index (χ3n) is 4.95. The summed E-state index contributed by atoms with van der Waals surface area (Å²) < 4.78 is 0. The number of nitrogens with zero attached hydrogens (tertiary/aromatic N) is 2. The van der Waals surface area contributed by atoms with Crippen LogP contribution < -0.4 is 5.32 Å². The second-order valence-electron chi connectivity index (χ2n) is 6.46. The van der Waals surface area contributed by atoms with Crippen LogP contribution in [0.25, 0.3) is 10.9 Å². The van der Waals surface area contributed by atoms with Crippen LogP contribution >= 0.6 is 0 Å². The Labute approximate surface area is 141 Å². The quantitative estimate of drug-likeness (QED) is 0.733. The lowest BCUT2D eigenvalue weighted by atomic mass is 9.90. The maximum absolute atomic E-state index is 10.8. The van der Waals surface area contributed by atoms with Gasteiger partial charge in [-0.25, -0.2) is 4.98 Å². The number of anilines is 1. The highest BCUT2D eigenvalue weighted by Crippen LogP contribution is 2.42. The molecule has 24 heavy (non-hydrogen) atoms. The second-order valence-corrected chi connectivity index (χ2v) is 6.46. The highest BCUT2D eigenvalue weighted by atomic mass is 16.3. The molecular weight excluding hydrogens is 298 g/mol. The molecule has 4 rings (SSSR count). The van der Waals surface area contributed by atoms with Crippen molar-refractivity contribution in [2.75, 3.05) is 5.32 Å². The second kappa shape index (κ2) is 6.48. The van der Waals surface area contributed by atoms with Crippen molar-refractivity contribution in [2.24, 2.45) is 5.92 Å². The van der Waals surface area contributed by atoms with E-state index in [4.69, 9.17) is 0 Å². The predicted molar refractivity (Wildman–Crippen MR) is 96.0 cm³/mol. The van der Waals surface area contributed by atoms with Crippen molar-refractivity contribution in [1.82, 2.24) is 9.97 Å². The first kappa shape index (κ1) is 14.9. The summed E-state index contributed by atoms with van der Waals surface area (Å²) in [4.78, 5) is 8.76. The highest BCUT2D eigenvalue weighted by Gasteiger charge is 2.29. The molecule has 1 aliphatic carbocycles. The van der Waals surface area contributed by atoms with Gasteiger partial charge in [-0.05, 0) is 37.0 Å². The number of phenols is 1. The first-order chi connectivity index (χ1) is 11.8. The van der Waals surface area contributed by atoms with Crippen LogP contribution in [0, 0.1) is 5.92 Å². The van der Waals surface area contributed by atoms with Crippen molar-refractivity contribution >= 4 is 16.7 Å². The first-order valence-corrected chi connectivity index (χ1v) is 8.57. The summed E-state index contributed by atoms with van der Waals surface area (Å²) >= 11 is 0. The van der Waals surface area contributed by atoms with Crippen LogP contribution in [0.2, 0.25) is 0 Å². The van der Waals surface area contributed by atoms with Gasteiger partial charge in [0.25, 0.3) is 0 Å². The molecule has 2 N–H and O–H groups in total. The molecule has 1 fully saturated rings. The van der Waals surface area contributed by atoms with Gasteiger partial charge in [0.1, 0.15) is 17.1 Å². The third-order valence-corrected chi connectivity index (χ3v) is 4.95. The maximum atomic E-state index is 10.8. The largest absolute Gasteiger partial charge is 0.505 e. The fourth-order valence-electron chi connectivity index (χ4n) is 3.74. The number of benzene rings is 1. The minimum Gasteiger partial charge on any atom is -0.505 e. The molecule has 122 valence electrons. The van der Waals surface area contributed by atoms with Crippen LogP contribution in [0.15, 0.2) is 54.9 Å². The smallest absolute Gasteiger partial charge is 0.147 e. The Kier molecular flexibility index (Phi) is 4.03. The topological polar surface area (TPSA) is 58.0 Å². The summed E-state index contributed by atoms with van der Waals surface area (Å²) in [6.07, 6.45) is 8.35. The van der Waals surface area contributed by atoms with Crippen LogP contribution in [0.5, 0.6) is 5.75 Å². The Hall–Kier alpha value is -2.62. The fraction of sp³-hybridized carbons (Fsp3) is 0.300. The van der Waals surface area contributed by atoms with E-state index in [1.165, 1.54) is 25.7 Å². The number of aromatic nitrogens is 2. The van der Waals surface area contributed by atoms with Crippen molar-refractivity contribution in [2.45, 2.75) is 31.7 Å². The van der Waals surface area contributed by atoms with E-state index in [0.717, 1.165) is 16.8 Å². The van der Waals surface area contributed by atoms with Gasteiger partial charge in [0.2, 0.25) is 0 Å². The van der Waals surface area contributed by atoms with E-state index in [-0.39, 0.29) is 11.8 Å². The van der Waals surface area contributed by atoms with E-state index in [1.807, 2.05) is 42.5 Å². The highest BCUT2D eigenvalue weighted by molar-refractivity contribution is 5.85. The number of rotatable bonds is 4. The Morgan fingerprint density at radius 3 is 2.58 bits per heavy atom. The Morgan fingerprint density at radius 2 is 1.79 bits per heavy atom. The molecule has 0 bridgehead atoms. The lowest BCUT2D eigenvalue weighted by Gasteiger charge is -2.26. The summed E-state index contributed by atoms with van der Waals surface area (Å²) in [5.74, 6) is 1.63. The molecule has 0 saturated heterocycles. The fourth-order valence-corrected chi connectivity index (χ4v) is 3.74. The van der Waals surface area contributed by atoms with Crippen LogP contribution in [0.3, 0.4) is 0 Å². The van der Waals surface area contributed by atoms with Gasteiger partial charge in [0, 0.05) is 23.3 Å².